The number of H-pyrrole nitrogens is 1. The Morgan fingerprint density at radius 2 is 2.12 bits per heavy atom. The number of nitrogens with zero attached hydrogens (tertiary/aromatic N) is 1. The summed E-state index contributed by atoms with van der Waals surface area (Å²) in [5, 5.41) is 3.37. The Bertz CT molecular complexity index is 436. The lowest BCUT2D eigenvalue weighted by atomic mass is 10.0. The van der Waals surface area contributed by atoms with Gasteiger partial charge in [0.05, 0.1) is 0 Å². The summed E-state index contributed by atoms with van der Waals surface area (Å²) in [6.07, 6.45) is 4.32. The first-order valence-corrected chi connectivity index (χ1v) is 5.76. The maximum Gasteiger partial charge on any atom is 0.123 e. The fourth-order valence-electron chi connectivity index (χ4n) is 1.85. The molecular weight excluding hydrogens is 217 g/mol. The first-order chi connectivity index (χ1) is 8.29. The number of aromatic amines is 1. The summed E-state index contributed by atoms with van der Waals surface area (Å²) >= 11 is 0. The summed E-state index contributed by atoms with van der Waals surface area (Å²) in [6.45, 7) is 2.92. The minimum atomic E-state index is -0.206. The van der Waals surface area contributed by atoms with E-state index in [1.54, 1.807) is 6.20 Å². The summed E-state index contributed by atoms with van der Waals surface area (Å²) in [5.74, 6) is 0.724. The number of benzene rings is 1. The molecule has 0 aliphatic carbocycles. The fraction of sp³-hybridized carbons (Fsp3) is 0.308. The molecule has 0 aliphatic rings. The van der Waals surface area contributed by atoms with Gasteiger partial charge in [0.15, 0.2) is 0 Å². The largest absolute Gasteiger partial charge is 0.349 e. The van der Waals surface area contributed by atoms with Crippen molar-refractivity contribution in [1.29, 1.82) is 0 Å². The zero-order chi connectivity index (χ0) is 12.1. The van der Waals surface area contributed by atoms with Crippen LogP contribution in [-0.2, 0) is 6.42 Å². The average molecular weight is 233 g/mol. The van der Waals surface area contributed by atoms with E-state index < -0.39 is 0 Å². The van der Waals surface area contributed by atoms with Crippen LogP contribution in [0.5, 0.6) is 0 Å². The average Bonchev–Trinajstić information content (AvgIpc) is 2.82. The molecule has 2 aromatic rings. The molecule has 0 fully saturated rings. The van der Waals surface area contributed by atoms with Crippen LogP contribution < -0.4 is 5.32 Å². The van der Waals surface area contributed by atoms with Gasteiger partial charge < -0.3 is 10.3 Å². The van der Waals surface area contributed by atoms with Gasteiger partial charge in [-0.3, -0.25) is 0 Å². The smallest absolute Gasteiger partial charge is 0.123 e. The maximum absolute atomic E-state index is 12.9. The van der Waals surface area contributed by atoms with Gasteiger partial charge in [-0.1, -0.05) is 19.1 Å². The van der Waals surface area contributed by atoms with Crippen LogP contribution >= 0.6 is 0 Å². The Morgan fingerprint density at radius 3 is 2.71 bits per heavy atom. The van der Waals surface area contributed by atoms with E-state index in [0.717, 1.165) is 24.4 Å². The van der Waals surface area contributed by atoms with E-state index in [0.29, 0.717) is 0 Å². The number of likely N-dealkylation sites (N-methyl/N-ethyl adjacent to an activating group) is 1. The molecule has 0 spiro atoms. The molecule has 0 radical (unpaired) electrons. The number of aromatic nitrogens is 2. The van der Waals surface area contributed by atoms with E-state index in [-0.39, 0.29) is 11.9 Å². The number of imidazole rings is 1. The molecule has 1 aromatic heterocycles. The molecule has 1 atom stereocenters. The molecule has 1 unspecified atom stereocenters. The van der Waals surface area contributed by atoms with Crippen LogP contribution in [0.4, 0.5) is 4.39 Å². The lowest BCUT2D eigenvalue weighted by molar-refractivity contribution is 0.537. The zero-order valence-electron chi connectivity index (χ0n) is 9.78. The van der Waals surface area contributed by atoms with Crippen molar-refractivity contribution in [2.75, 3.05) is 6.54 Å². The molecule has 0 bridgehead atoms. The highest BCUT2D eigenvalue weighted by Crippen LogP contribution is 2.17. The van der Waals surface area contributed by atoms with Crippen molar-refractivity contribution in [2.45, 2.75) is 19.4 Å². The molecule has 3 nitrogen and oxygen atoms in total. The normalized spacial score (nSPS) is 12.6. The summed E-state index contributed by atoms with van der Waals surface area (Å²) in [7, 11) is 0. The van der Waals surface area contributed by atoms with Crippen molar-refractivity contribution in [3.05, 3.63) is 53.9 Å². The molecule has 1 aromatic carbocycles. The lowest BCUT2D eigenvalue weighted by Gasteiger charge is -2.17. The van der Waals surface area contributed by atoms with Gasteiger partial charge in [0, 0.05) is 24.9 Å². The van der Waals surface area contributed by atoms with Crippen LogP contribution in [0.1, 0.15) is 24.4 Å². The van der Waals surface area contributed by atoms with Crippen LogP contribution in [0.2, 0.25) is 0 Å². The van der Waals surface area contributed by atoms with Crippen molar-refractivity contribution in [3.63, 3.8) is 0 Å². The molecule has 0 aliphatic heterocycles. The Labute approximate surface area is 100 Å². The molecule has 1 heterocycles. The Hall–Kier alpha value is -1.68. The van der Waals surface area contributed by atoms with Crippen LogP contribution in [0, 0.1) is 5.82 Å². The number of hydrogen-bond donors (Lipinski definition) is 2. The van der Waals surface area contributed by atoms with Crippen LogP contribution in [0.25, 0.3) is 0 Å². The quantitative estimate of drug-likeness (QED) is 0.832. The van der Waals surface area contributed by atoms with Gasteiger partial charge in [0.25, 0.3) is 0 Å². The number of rotatable bonds is 5. The molecule has 2 rings (SSSR count). The SMILES string of the molecule is CCNC(Cc1ncc[nH]1)c1ccc(F)cc1. The molecule has 17 heavy (non-hydrogen) atoms. The zero-order valence-corrected chi connectivity index (χ0v) is 9.78. The van der Waals surface area contributed by atoms with Crippen LogP contribution in [0.15, 0.2) is 36.7 Å². The molecule has 0 saturated carbocycles. The standard InChI is InChI=1S/C13H16FN3/c1-2-15-12(9-13-16-7-8-17-13)10-3-5-11(14)6-4-10/h3-8,12,15H,2,9H2,1H3,(H,16,17). The van der Waals surface area contributed by atoms with Crippen LogP contribution in [0.3, 0.4) is 0 Å². The van der Waals surface area contributed by atoms with E-state index in [1.165, 1.54) is 12.1 Å². The van der Waals surface area contributed by atoms with Crippen LogP contribution in [-0.4, -0.2) is 16.5 Å². The second-order valence-electron chi connectivity index (χ2n) is 3.90. The molecule has 2 N–H and O–H groups in total. The van der Waals surface area contributed by atoms with Gasteiger partial charge in [0.1, 0.15) is 11.6 Å². The third-order valence-corrected chi connectivity index (χ3v) is 2.68. The molecule has 0 saturated heterocycles. The number of nitrogens with one attached hydrogen (secondary N) is 2. The van der Waals surface area contributed by atoms with Crippen molar-refractivity contribution >= 4 is 0 Å². The lowest BCUT2D eigenvalue weighted by Crippen LogP contribution is -2.23. The first-order valence-electron chi connectivity index (χ1n) is 5.76. The van der Waals surface area contributed by atoms with Crippen molar-refractivity contribution in [3.8, 4) is 0 Å². The summed E-state index contributed by atoms with van der Waals surface area (Å²) in [4.78, 5) is 7.29. The highest BCUT2D eigenvalue weighted by atomic mass is 19.1. The van der Waals surface area contributed by atoms with Gasteiger partial charge in [-0.05, 0) is 24.2 Å². The van der Waals surface area contributed by atoms with Gasteiger partial charge >= 0.3 is 0 Å². The maximum atomic E-state index is 12.9. The van der Waals surface area contributed by atoms with E-state index in [2.05, 4.69) is 22.2 Å². The molecular formula is C13H16FN3. The molecule has 4 heteroatoms. The summed E-state index contributed by atoms with van der Waals surface area (Å²) in [5.41, 5.74) is 1.07. The Balaban J connectivity index is 2.13. The van der Waals surface area contributed by atoms with E-state index in [9.17, 15) is 4.39 Å². The monoisotopic (exact) mass is 233 g/mol. The predicted octanol–water partition coefficient (Wildman–Crippen LogP) is 2.44. The van der Waals surface area contributed by atoms with Crippen molar-refractivity contribution < 1.29 is 4.39 Å². The van der Waals surface area contributed by atoms with Gasteiger partial charge in [-0.15, -0.1) is 0 Å². The Morgan fingerprint density at radius 1 is 1.35 bits per heavy atom. The van der Waals surface area contributed by atoms with Gasteiger partial charge in [-0.25, -0.2) is 9.37 Å². The molecule has 0 amide bonds. The number of halogens is 1. The van der Waals surface area contributed by atoms with Crippen molar-refractivity contribution in [1.82, 2.24) is 15.3 Å². The fourth-order valence-corrected chi connectivity index (χ4v) is 1.85. The second-order valence-corrected chi connectivity index (χ2v) is 3.90. The topological polar surface area (TPSA) is 40.7 Å². The van der Waals surface area contributed by atoms with E-state index in [1.807, 2.05) is 18.3 Å². The van der Waals surface area contributed by atoms with Crippen molar-refractivity contribution in [2.24, 2.45) is 0 Å². The van der Waals surface area contributed by atoms with Gasteiger partial charge in [-0.2, -0.15) is 0 Å². The molecule has 90 valence electrons. The minimum absolute atomic E-state index is 0.159. The Kier molecular flexibility index (Phi) is 3.88. The highest BCUT2D eigenvalue weighted by Gasteiger charge is 2.12. The minimum Gasteiger partial charge on any atom is -0.349 e. The third-order valence-electron chi connectivity index (χ3n) is 2.68. The van der Waals surface area contributed by atoms with E-state index >= 15 is 0 Å². The summed E-state index contributed by atoms with van der Waals surface area (Å²) < 4.78 is 12.9. The third kappa shape index (κ3) is 3.14. The van der Waals surface area contributed by atoms with Gasteiger partial charge in [0.2, 0.25) is 0 Å². The number of hydrogen-bond acceptors (Lipinski definition) is 2. The second kappa shape index (κ2) is 5.59. The summed E-state index contributed by atoms with van der Waals surface area (Å²) in [6, 6.07) is 6.76. The first kappa shape index (κ1) is 11.8. The highest BCUT2D eigenvalue weighted by molar-refractivity contribution is 5.21. The van der Waals surface area contributed by atoms with E-state index in [4.69, 9.17) is 0 Å². The predicted molar refractivity (Wildman–Crippen MR) is 65.1 cm³/mol.